The minimum atomic E-state index is -0.187. The number of rotatable bonds is 3. The maximum atomic E-state index is 13.4. The summed E-state index contributed by atoms with van der Waals surface area (Å²) in [5, 5.41) is 8.51. The Morgan fingerprint density at radius 1 is 1.27 bits per heavy atom. The number of fused-ring (bicyclic) bond motifs is 1. The van der Waals surface area contributed by atoms with Crippen LogP contribution in [0.1, 0.15) is 27.8 Å². The number of aromatic nitrogens is 4. The number of hydrogen-bond acceptors (Lipinski definition) is 4. The molecule has 7 nitrogen and oxygen atoms in total. The largest absolute Gasteiger partial charge is 0.377 e. The van der Waals surface area contributed by atoms with E-state index in [1.807, 2.05) is 54.3 Å². The molecule has 1 aromatic carbocycles. The standard InChI is InChI=1S/C22H20ClN5O2/c1-13-17(11-24-27-13)18-6-5-15-10-19(26-21(15)25-18)22(29)28-7-8-30-12-20(28)14-3-2-4-16(23)9-14/h2-6,9-11,20H,7-8,12H2,1H3,(H,24,27)(H,25,26). The predicted octanol–water partition coefficient (Wildman–Crippen LogP) is 4.13. The summed E-state index contributed by atoms with van der Waals surface area (Å²) < 4.78 is 5.65. The van der Waals surface area contributed by atoms with Gasteiger partial charge in [-0.05, 0) is 42.8 Å². The van der Waals surface area contributed by atoms with Gasteiger partial charge in [-0.15, -0.1) is 0 Å². The number of H-pyrrole nitrogens is 2. The molecule has 5 rings (SSSR count). The summed E-state index contributed by atoms with van der Waals surface area (Å²) in [4.78, 5) is 23.1. The van der Waals surface area contributed by atoms with Crippen molar-refractivity contribution < 1.29 is 9.53 Å². The molecule has 1 unspecified atom stereocenters. The van der Waals surface area contributed by atoms with E-state index >= 15 is 0 Å². The number of pyridine rings is 1. The molecule has 1 amide bonds. The molecule has 0 saturated carbocycles. The van der Waals surface area contributed by atoms with Gasteiger partial charge in [0.1, 0.15) is 11.3 Å². The first-order valence-corrected chi connectivity index (χ1v) is 10.1. The van der Waals surface area contributed by atoms with E-state index in [-0.39, 0.29) is 11.9 Å². The number of aryl methyl sites for hydroxylation is 1. The number of halogens is 1. The van der Waals surface area contributed by atoms with Crippen LogP contribution < -0.4 is 0 Å². The van der Waals surface area contributed by atoms with Crippen molar-refractivity contribution in [3.63, 3.8) is 0 Å². The molecule has 4 aromatic rings. The first-order valence-electron chi connectivity index (χ1n) is 9.74. The Labute approximate surface area is 178 Å². The third kappa shape index (κ3) is 3.36. The van der Waals surface area contributed by atoms with E-state index < -0.39 is 0 Å². The third-order valence-electron chi connectivity index (χ3n) is 5.44. The molecule has 1 aliphatic heterocycles. The van der Waals surface area contributed by atoms with E-state index in [0.29, 0.717) is 36.1 Å². The van der Waals surface area contributed by atoms with Crippen molar-refractivity contribution in [1.82, 2.24) is 25.1 Å². The predicted molar refractivity (Wildman–Crippen MR) is 114 cm³/mol. The number of carbonyl (C=O) groups excluding carboxylic acids is 1. The molecule has 0 aliphatic carbocycles. The number of morpholine rings is 1. The summed E-state index contributed by atoms with van der Waals surface area (Å²) in [5.41, 5.74) is 4.83. The summed E-state index contributed by atoms with van der Waals surface area (Å²) in [5.74, 6) is -0.0812. The number of amides is 1. The van der Waals surface area contributed by atoms with Crippen molar-refractivity contribution in [2.24, 2.45) is 0 Å². The Morgan fingerprint density at radius 2 is 2.17 bits per heavy atom. The van der Waals surface area contributed by atoms with Crippen LogP contribution in [0.5, 0.6) is 0 Å². The molecule has 0 radical (unpaired) electrons. The van der Waals surface area contributed by atoms with Crippen molar-refractivity contribution in [2.75, 3.05) is 19.8 Å². The lowest BCUT2D eigenvalue weighted by molar-refractivity contribution is -0.00295. The van der Waals surface area contributed by atoms with Gasteiger partial charge in [0, 0.05) is 28.2 Å². The summed E-state index contributed by atoms with van der Waals surface area (Å²) >= 11 is 6.16. The van der Waals surface area contributed by atoms with Gasteiger partial charge < -0.3 is 14.6 Å². The molecular formula is C22H20ClN5O2. The lowest BCUT2D eigenvalue weighted by atomic mass is 10.0. The summed E-state index contributed by atoms with van der Waals surface area (Å²) in [6, 6.07) is 13.1. The highest BCUT2D eigenvalue weighted by atomic mass is 35.5. The van der Waals surface area contributed by atoms with Crippen LogP contribution in [0.15, 0.2) is 48.7 Å². The number of aromatic amines is 2. The Hall–Kier alpha value is -3.16. The fourth-order valence-corrected chi connectivity index (χ4v) is 4.07. The SMILES string of the molecule is Cc1[nH]ncc1-c1ccc2cc(C(=O)N3CCOCC3c3cccc(Cl)c3)[nH]c2n1. The zero-order valence-electron chi connectivity index (χ0n) is 16.4. The number of ether oxygens (including phenoxy) is 1. The highest BCUT2D eigenvalue weighted by molar-refractivity contribution is 6.30. The van der Waals surface area contributed by atoms with Crippen molar-refractivity contribution in [3.05, 3.63) is 70.6 Å². The Bertz CT molecular complexity index is 1230. The second-order valence-electron chi connectivity index (χ2n) is 7.37. The van der Waals surface area contributed by atoms with Gasteiger partial charge in [0.25, 0.3) is 5.91 Å². The third-order valence-corrected chi connectivity index (χ3v) is 5.67. The molecule has 0 spiro atoms. The van der Waals surface area contributed by atoms with E-state index in [4.69, 9.17) is 16.3 Å². The molecule has 0 bridgehead atoms. The van der Waals surface area contributed by atoms with Gasteiger partial charge in [-0.1, -0.05) is 23.7 Å². The van der Waals surface area contributed by atoms with Crippen molar-refractivity contribution in [1.29, 1.82) is 0 Å². The van der Waals surface area contributed by atoms with Gasteiger partial charge in [0.2, 0.25) is 0 Å². The molecule has 2 N–H and O–H groups in total. The molecule has 3 aromatic heterocycles. The average Bonchev–Trinajstić information content (AvgIpc) is 3.38. The highest BCUT2D eigenvalue weighted by Crippen LogP contribution is 2.29. The summed E-state index contributed by atoms with van der Waals surface area (Å²) in [7, 11) is 0. The van der Waals surface area contributed by atoms with E-state index in [2.05, 4.69) is 20.2 Å². The minimum absolute atomic E-state index is 0.0812. The van der Waals surface area contributed by atoms with Crippen molar-refractivity contribution >= 4 is 28.5 Å². The van der Waals surface area contributed by atoms with Gasteiger partial charge in [-0.2, -0.15) is 5.10 Å². The van der Waals surface area contributed by atoms with Gasteiger partial charge in [0.15, 0.2) is 0 Å². The topological polar surface area (TPSA) is 86.9 Å². The number of carbonyl (C=O) groups is 1. The minimum Gasteiger partial charge on any atom is -0.377 e. The average molecular weight is 422 g/mol. The van der Waals surface area contributed by atoms with Crippen LogP contribution in [0, 0.1) is 6.92 Å². The molecular weight excluding hydrogens is 402 g/mol. The van der Waals surface area contributed by atoms with Crippen LogP contribution in [0.3, 0.4) is 0 Å². The molecule has 152 valence electrons. The molecule has 30 heavy (non-hydrogen) atoms. The Kier molecular flexibility index (Phi) is 4.77. The van der Waals surface area contributed by atoms with Crippen LogP contribution in [0.4, 0.5) is 0 Å². The summed E-state index contributed by atoms with van der Waals surface area (Å²) in [6.07, 6.45) is 1.75. The Balaban J connectivity index is 1.48. The number of hydrogen-bond donors (Lipinski definition) is 2. The number of nitrogens with zero attached hydrogens (tertiary/aromatic N) is 3. The van der Waals surface area contributed by atoms with Gasteiger partial charge in [-0.25, -0.2) is 4.98 Å². The lowest BCUT2D eigenvalue weighted by Gasteiger charge is -2.35. The molecule has 4 heterocycles. The number of nitrogens with one attached hydrogen (secondary N) is 2. The van der Waals surface area contributed by atoms with Crippen LogP contribution in [-0.4, -0.2) is 50.7 Å². The maximum absolute atomic E-state index is 13.4. The molecule has 1 saturated heterocycles. The second-order valence-corrected chi connectivity index (χ2v) is 7.81. The van der Waals surface area contributed by atoms with Gasteiger partial charge >= 0.3 is 0 Å². The number of benzene rings is 1. The fraction of sp³-hybridized carbons (Fsp3) is 0.227. The zero-order valence-corrected chi connectivity index (χ0v) is 17.1. The lowest BCUT2D eigenvalue weighted by Crippen LogP contribution is -2.43. The van der Waals surface area contributed by atoms with Crippen LogP contribution in [-0.2, 0) is 4.74 Å². The maximum Gasteiger partial charge on any atom is 0.271 e. The monoisotopic (exact) mass is 421 g/mol. The molecule has 1 fully saturated rings. The van der Waals surface area contributed by atoms with Crippen molar-refractivity contribution in [3.8, 4) is 11.3 Å². The quantitative estimate of drug-likeness (QED) is 0.520. The van der Waals surface area contributed by atoms with E-state index in [1.54, 1.807) is 6.20 Å². The van der Waals surface area contributed by atoms with E-state index in [1.165, 1.54) is 0 Å². The Morgan fingerprint density at radius 3 is 2.97 bits per heavy atom. The zero-order chi connectivity index (χ0) is 20.7. The second kappa shape index (κ2) is 7.59. The smallest absolute Gasteiger partial charge is 0.271 e. The normalized spacial score (nSPS) is 16.9. The first-order chi connectivity index (χ1) is 14.6. The highest BCUT2D eigenvalue weighted by Gasteiger charge is 2.30. The van der Waals surface area contributed by atoms with Gasteiger partial charge in [0.05, 0.1) is 31.1 Å². The van der Waals surface area contributed by atoms with Crippen LogP contribution in [0.2, 0.25) is 5.02 Å². The van der Waals surface area contributed by atoms with Crippen LogP contribution >= 0.6 is 11.6 Å². The molecule has 1 aliphatic rings. The van der Waals surface area contributed by atoms with Crippen molar-refractivity contribution in [2.45, 2.75) is 13.0 Å². The van der Waals surface area contributed by atoms with Gasteiger partial charge in [-0.3, -0.25) is 9.89 Å². The first kappa shape index (κ1) is 18.8. The molecule has 1 atom stereocenters. The molecule has 8 heteroatoms. The van der Waals surface area contributed by atoms with E-state index in [0.717, 1.165) is 27.9 Å². The summed E-state index contributed by atoms with van der Waals surface area (Å²) in [6.45, 7) is 3.41. The van der Waals surface area contributed by atoms with Crippen LogP contribution in [0.25, 0.3) is 22.3 Å². The van der Waals surface area contributed by atoms with E-state index in [9.17, 15) is 4.79 Å². The fourth-order valence-electron chi connectivity index (χ4n) is 3.87.